The number of pyridine rings is 1. The minimum atomic E-state index is -3.72. The van der Waals surface area contributed by atoms with Crippen LogP contribution in [0.3, 0.4) is 0 Å². The number of piperazine rings is 1. The lowest BCUT2D eigenvalue weighted by Gasteiger charge is -2.48. The van der Waals surface area contributed by atoms with Crippen molar-refractivity contribution in [2.75, 3.05) is 36.2 Å². The number of nitrogens with zero attached hydrogens (tertiary/aromatic N) is 5. The van der Waals surface area contributed by atoms with Crippen molar-refractivity contribution in [3.05, 3.63) is 41.7 Å². The molecule has 3 fully saturated rings. The third kappa shape index (κ3) is 10.1. The van der Waals surface area contributed by atoms with E-state index in [9.17, 15) is 18.0 Å². The quantitative estimate of drug-likeness (QED) is 0.0856. The molecule has 0 radical (unpaired) electrons. The zero-order valence-electron chi connectivity index (χ0n) is 43.1. The molecule has 2 amide bonds. The van der Waals surface area contributed by atoms with Crippen LogP contribution in [0.15, 0.2) is 30.3 Å². The third-order valence-electron chi connectivity index (χ3n) is 14.3. The van der Waals surface area contributed by atoms with Crippen molar-refractivity contribution in [1.82, 2.24) is 19.9 Å². The number of carbonyl (C=O) groups is 2. The summed E-state index contributed by atoms with van der Waals surface area (Å²) < 4.78 is 72.3. The Morgan fingerprint density at radius 1 is 0.943 bits per heavy atom. The van der Waals surface area contributed by atoms with Crippen LogP contribution in [0.25, 0.3) is 32.9 Å². The molecule has 18 heteroatoms. The van der Waals surface area contributed by atoms with Crippen molar-refractivity contribution in [2.24, 2.45) is 5.41 Å². The lowest BCUT2D eigenvalue weighted by atomic mass is 9.95. The molecule has 15 nitrogen and oxygen atoms in total. The first-order valence-corrected chi connectivity index (χ1v) is 28.6. The van der Waals surface area contributed by atoms with E-state index in [1.807, 2.05) is 56.9 Å². The van der Waals surface area contributed by atoms with Crippen molar-refractivity contribution in [1.29, 1.82) is 0 Å². The van der Waals surface area contributed by atoms with Gasteiger partial charge in [0.25, 0.3) is 10.1 Å². The second kappa shape index (κ2) is 18.4. The van der Waals surface area contributed by atoms with E-state index in [4.69, 9.17) is 38.1 Å². The fraction of sp³-hybridized carbons (Fsp3) is 0.596. The molecule has 378 valence electrons. The molecule has 70 heavy (non-hydrogen) atoms. The molecule has 0 spiro atoms. The SMILES string of the molecule is CC(C)[Si](C#Cc1cccc2cc(NC(=O)OC(C)(C)C)cc(-c3nc4c5c(nc(OCC6(COS(C)(=O)=O)CC6)nc5c3F)N3C[C@H]5CC[C@@H]([C@H]3[C@H](C)O4)N5C(=O)OC(C)(C)C)c12)(C(C)C)C(C)C. The van der Waals surface area contributed by atoms with E-state index in [2.05, 4.69) is 63.2 Å². The molecular formula is C52H69FN6O9SSi. The molecule has 4 atom stereocenters. The molecule has 3 aliphatic heterocycles. The smallest absolute Gasteiger partial charge is 0.412 e. The highest BCUT2D eigenvalue weighted by Crippen LogP contribution is 2.50. The van der Waals surface area contributed by atoms with Crippen molar-refractivity contribution < 1.29 is 45.5 Å². The van der Waals surface area contributed by atoms with Crippen molar-refractivity contribution >= 4 is 63.6 Å². The first-order chi connectivity index (χ1) is 32.6. The Morgan fingerprint density at radius 2 is 1.61 bits per heavy atom. The summed E-state index contributed by atoms with van der Waals surface area (Å²) in [5.74, 6) is 3.26. The van der Waals surface area contributed by atoms with Gasteiger partial charge >= 0.3 is 18.2 Å². The molecule has 2 saturated heterocycles. The number of fused-ring (bicyclic) bond motifs is 6. The van der Waals surface area contributed by atoms with Crippen LogP contribution in [-0.4, -0.2) is 110 Å². The third-order valence-corrected chi connectivity index (χ3v) is 21.1. The summed E-state index contributed by atoms with van der Waals surface area (Å²) in [4.78, 5) is 46.0. The molecule has 4 aliphatic rings. The van der Waals surface area contributed by atoms with Gasteiger partial charge in [0.05, 0.1) is 37.6 Å². The van der Waals surface area contributed by atoms with Crippen LogP contribution in [0.2, 0.25) is 16.6 Å². The van der Waals surface area contributed by atoms with Crippen LogP contribution in [0, 0.1) is 22.7 Å². The van der Waals surface area contributed by atoms with Crippen molar-refractivity contribution in [3.8, 4) is 34.6 Å². The van der Waals surface area contributed by atoms with Gasteiger partial charge in [-0.2, -0.15) is 18.4 Å². The second-order valence-corrected chi connectivity index (χ2v) is 30.0. The zero-order chi connectivity index (χ0) is 51.0. The number of hydrogen-bond acceptors (Lipinski definition) is 13. The van der Waals surface area contributed by atoms with Crippen LogP contribution < -0.4 is 19.7 Å². The van der Waals surface area contributed by atoms with Gasteiger partial charge in [0, 0.05) is 34.2 Å². The minimum Gasteiger partial charge on any atom is -0.472 e. The average Bonchev–Trinajstić information content (AvgIpc) is 3.97. The van der Waals surface area contributed by atoms with E-state index in [1.165, 1.54) is 0 Å². The van der Waals surface area contributed by atoms with Gasteiger partial charge in [-0.25, -0.2) is 19.0 Å². The Kier molecular flexibility index (Phi) is 13.4. The predicted octanol–water partition coefficient (Wildman–Crippen LogP) is 10.8. The summed E-state index contributed by atoms with van der Waals surface area (Å²) in [6, 6.07) is 8.04. The number of aromatic nitrogens is 3. The van der Waals surface area contributed by atoms with Crippen LogP contribution in [0.5, 0.6) is 11.9 Å². The molecular weight excluding hydrogens is 932 g/mol. The Balaban J connectivity index is 1.35. The highest BCUT2D eigenvalue weighted by atomic mass is 32.2. The molecule has 2 aromatic heterocycles. The van der Waals surface area contributed by atoms with E-state index in [-0.39, 0.29) is 53.8 Å². The first-order valence-electron chi connectivity index (χ1n) is 24.5. The number of nitrogens with one attached hydrogen (secondary N) is 1. The summed E-state index contributed by atoms with van der Waals surface area (Å²) in [5, 5.41) is 4.41. The summed E-state index contributed by atoms with van der Waals surface area (Å²) in [6.45, 7) is 26.6. The van der Waals surface area contributed by atoms with E-state index in [0.717, 1.165) is 6.26 Å². The number of rotatable bonds is 11. The molecule has 1 aliphatic carbocycles. The second-order valence-electron chi connectivity index (χ2n) is 22.7. The summed E-state index contributed by atoms with van der Waals surface area (Å²) >= 11 is 0. The summed E-state index contributed by atoms with van der Waals surface area (Å²) in [5.41, 5.74) is 3.94. The molecule has 1 N–H and O–H groups in total. The summed E-state index contributed by atoms with van der Waals surface area (Å²) in [6.07, 6.45) is 1.99. The van der Waals surface area contributed by atoms with Gasteiger partial charge in [0.2, 0.25) is 5.88 Å². The van der Waals surface area contributed by atoms with E-state index in [0.29, 0.717) is 82.3 Å². The Bertz CT molecular complexity index is 2880. The molecule has 5 heterocycles. The Morgan fingerprint density at radius 3 is 2.23 bits per heavy atom. The van der Waals surface area contributed by atoms with Gasteiger partial charge in [-0.3, -0.25) is 14.4 Å². The number of ether oxygens (including phenoxy) is 4. The number of carbonyl (C=O) groups excluding carboxylic acids is 2. The maximum Gasteiger partial charge on any atom is 0.412 e. The van der Waals surface area contributed by atoms with Gasteiger partial charge in [-0.05, 0) is 114 Å². The van der Waals surface area contributed by atoms with E-state index < -0.39 is 65.0 Å². The van der Waals surface area contributed by atoms with Crippen LogP contribution in [0.4, 0.5) is 25.5 Å². The minimum absolute atomic E-state index is 0.0207. The standard InChI is InChI=1S/C52H69FN6O9SSi/c1-29(2)70(30(3)4,31(5)6)23-20-33-16-15-17-34-24-35(54-48(60)67-50(8,9)10)25-37(39(33)34)42-41(53)43-40-45(57-47(56-43)64-27-52(21-22-52)28-65-69(14,62)63)58-26-36-18-19-38(44(58)32(7)66-46(40)55-42)59(36)49(61)68-51(11,12)13/h15-17,24-25,29-32,36,38,44H,18-19,21-22,26-28H2,1-14H3,(H,54,60)/t32-,36+,38-,44+/m0/s1. The number of amides is 2. The van der Waals surface area contributed by atoms with Gasteiger partial charge in [-0.1, -0.05) is 59.6 Å². The largest absolute Gasteiger partial charge is 0.472 e. The first kappa shape index (κ1) is 51.1. The maximum atomic E-state index is 18.3. The zero-order valence-corrected chi connectivity index (χ0v) is 44.9. The van der Waals surface area contributed by atoms with E-state index >= 15 is 4.39 Å². The van der Waals surface area contributed by atoms with Gasteiger partial charge in [-0.15, -0.1) is 5.54 Å². The average molecular weight is 1000 g/mol. The van der Waals surface area contributed by atoms with Crippen LogP contribution in [0.1, 0.15) is 121 Å². The molecule has 4 aromatic rings. The summed E-state index contributed by atoms with van der Waals surface area (Å²) in [7, 11) is -5.98. The Labute approximate surface area is 413 Å². The number of halogens is 1. The topological polar surface area (TPSA) is 172 Å². The molecule has 0 unspecified atom stereocenters. The molecule has 2 bridgehead atoms. The predicted molar refractivity (Wildman–Crippen MR) is 272 cm³/mol. The fourth-order valence-electron chi connectivity index (χ4n) is 11.0. The number of hydrogen-bond donors (Lipinski definition) is 1. The highest BCUT2D eigenvalue weighted by molar-refractivity contribution is 7.86. The van der Waals surface area contributed by atoms with Gasteiger partial charge in [0.1, 0.15) is 47.8 Å². The van der Waals surface area contributed by atoms with Crippen molar-refractivity contribution in [2.45, 2.75) is 168 Å². The maximum absolute atomic E-state index is 18.3. The highest BCUT2D eigenvalue weighted by Gasteiger charge is 2.54. The lowest BCUT2D eigenvalue weighted by Crippen LogP contribution is -2.65. The van der Waals surface area contributed by atoms with E-state index in [1.54, 1.807) is 26.8 Å². The molecule has 2 aromatic carbocycles. The molecule has 1 saturated carbocycles. The van der Waals surface area contributed by atoms with Crippen LogP contribution in [-0.2, 0) is 23.8 Å². The van der Waals surface area contributed by atoms with Gasteiger partial charge in [0.15, 0.2) is 5.82 Å². The number of benzene rings is 2. The monoisotopic (exact) mass is 1000 g/mol. The lowest BCUT2D eigenvalue weighted by molar-refractivity contribution is 0.000906. The van der Waals surface area contributed by atoms with Gasteiger partial charge < -0.3 is 23.8 Å². The fourth-order valence-corrected chi connectivity index (χ4v) is 16.7. The normalized spacial score (nSPS) is 20.8. The van der Waals surface area contributed by atoms with Crippen molar-refractivity contribution in [3.63, 3.8) is 0 Å². The van der Waals surface area contributed by atoms with Crippen LogP contribution >= 0.6 is 0 Å². The number of anilines is 2. The molecule has 8 rings (SSSR count). The Hall–Kier alpha value is -5.25.